The summed E-state index contributed by atoms with van der Waals surface area (Å²) in [4.78, 5) is 56.0. The Morgan fingerprint density at radius 3 is 1.39 bits per heavy atom. The van der Waals surface area contributed by atoms with E-state index in [0.29, 0.717) is 13.1 Å². The van der Waals surface area contributed by atoms with Crippen molar-refractivity contribution in [2.75, 3.05) is 59.2 Å². The summed E-state index contributed by atoms with van der Waals surface area (Å²) in [6, 6.07) is 0. The summed E-state index contributed by atoms with van der Waals surface area (Å²) >= 11 is 0. The van der Waals surface area contributed by atoms with E-state index in [2.05, 4.69) is 10.6 Å². The van der Waals surface area contributed by atoms with Gasteiger partial charge in [-0.15, -0.1) is 0 Å². The van der Waals surface area contributed by atoms with Crippen LogP contribution in [0.1, 0.15) is 25.7 Å². The fraction of sp³-hybridized carbons (Fsp3) is 0.722. The molecule has 0 spiro atoms. The Kier molecular flexibility index (Phi) is 16.4. The largest absolute Gasteiger partial charge is 0.481 e. The van der Waals surface area contributed by atoms with Crippen LogP contribution in [0.25, 0.3) is 0 Å². The van der Waals surface area contributed by atoms with Crippen molar-refractivity contribution in [1.82, 2.24) is 15.5 Å². The van der Waals surface area contributed by atoms with E-state index in [1.165, 1.54) is 0 Å². The molecule has 0 aromatic heterocycles. The number of carboxylic acid groups (broad SMARTS) is 3. The summed E-state index contributed by atoms with van der Waals surface area (Å²) in [5.41, 5.74) is 0. The van der Waals surface area contributed by atoms with Gasteiger partial charge in [-0.05, 0) is 0 Å². The van der Waals surface area contributed by atoms with Crippen molar-refractivity contribution >= 4 is 29.7 Å². The molecule has 0 rings (SSSR count). The highest BCUT2D eigenvalue weighted by Gasteiger charge is 2.10. The molecule has 31 heavy (non-hydrogen) atoms. The molecule has 0 heterocycles. The lowest BCUT2D eigenvalue weighted by atomic mass is 10.3. The zero-order valence-electron chi connectivity index (χ0n) is 17.3. The molecule has 2 amide bonds. The molecule has 0 aromatic carbocycles. The molecule has 0 fully saturated rings. The number of hydrogen-bond acceptors (Lipinski definition) is 8. The number of carbonyl (C=O) groups excluding carboxylic acids is 2. The third-order valence-corrected chi connectivity index (χ3v) is 3.73. The van der Waals surface area contributed by atoms with Crippen LogP contribution in [0.3, 0.4) is 0 Å². The van der Waals surface area contributed by atoms with Crippen LogP contribution in [0.15, 0.2) is 0 Å². The molecule has 0 atom stereocenters. The van der Waals surface area contributed by atoms with Crippen LogP contribution in [0, 0.1) is 0 Å². The van der Waals surface area contributed by atoms with Crippen LogP contribution in [-0.2, 0) is 33.4 Å². The molecule has 13 heteroatoms. The van der Waals surface area contributed by atoms with Crippen molar-refractivity contribution in [2.24, 2.45) is 0 Å². The minimum Gasteiger partial charge on any atom is -0.481 e. The number of amides is 2. The van der Waals surface area contributed by atoms with E-state index in [1.807, 2.05) is 0 Å². The summed E-state index contributed by atoms with van der Waals surface area (Å²) in [5.74, 6) is -3.86. The van der Waals surface area contributed by atoms with Crippen LogP contribution in [0.4, 0.5) is 0 Å². The molecule has 0 unspecified atom stereocenters. The summed E-state index contributed by atoms with van der Waals surface area (Å²) < 4.78 is 10.7. The van der Waals surface area contributed by atoms with Gasteiger partial charge in [-0.3, -0.25) is 28.9 Å². The molecule has 0 bridgehead atoms. The average molecular weight is 449 g/mol. The number of rotatable bonds is 20. The Labute approximate surface area is 179 Å². The summed E-state index contributed by atoms with van der Waals surface area (Å²) in [6.45, 7) is 1.77. The molecule has 0 saturated heterocycles. The predicted octanol–water partition coefficient (Wildman–Crippen LogP) is -1.63. The van der Waals surface area contributed by atoms with Crippen molar-refractivity contribution in [3.63, 3.8) is 0 Å². The molecule has 0 aliphatic heterocycles. The first kappa shape index (κ1) is 28.2. The van der Waals surface area contributed by atoms with Crippen LogP contribution in [0.2, 0.25) is 0 Å². The van der Waals surface area contributed by atoms with Gasteiger partial charge >= 0.3 is 17.9 Å². The van der Waals surface area contributed by atoms with Gasteiger partial charge in [0.05, 0.1) is 45.8 Å². The molecule has 0 aliphatic carbocycles. The van der Waals surface area contributed by atoms with Gasteiger partial charge in [0.15, 0.2) is 0 Å². The minimum atomic E-state index is -1.05. The predicted molar refractivity (Wildman–Crippen MR) is 105 cm³/mol. The zero-order chi connectivity index (χ0) is 23.5. The van der Waals surface area contributed by atoms with Crippen LogP contribution >= 0.6 is 0 Å². The first-order valence-corrected chi connectivity index (χ1v) is 9.77. The fourth-order valence-corrected chi connectivity index (χ4v) is 2.20. The van der Waals surface area contributed by atoms with E-state index in [9.17, 15) is 24.0 Å². The number of ether oxygens (including phenoxy) is 2. The first-order chi connectivity index (χ1) is 14.7. The maximum Gasteiger partial charge on any atom is 0.317 e. The Bertz CT molecular complexity index is 543. The van der Waals surface area contributed by atoms with E-state index < -0.39 is 17.9 Å². The minimum absolute atomic E-state index is 0.103. The van der Waals surface area contributed by atoms with E-state index in [1.54, 1.807) is 4.90 Å². The second-order valence-corrected chi connectivity index (χ2v) is 6.38. The van der Waals surface area contributed by atoms with Crippen molar-refractivity contribution in [1.29, 1.82) is 0 Å². The molecule has 0 radical (unpaired) electrons. The fourth-order valence-electron chi connectivity index (χ4n) is 2.20. The second kappa shape index (κ2) is 18.0. The maximum absolute atomic E-state index is 11.3. The molecule has 5 N–H and O–H groups in total. The molecule has 0 aliphatic rings. The van der Waals surface area contributed by atoms with Crippen molar-refractivity contribution in [3.05, 3.63) is 0 Å². The van der Waals surface area contributed by atoms with Crippen LogP contribution < -0.4 is 10.6 Å². The quantitative estimate of drug-likeness (QED) is 0.134. The first-order valence-electron chi connectivity index (χ1n) is 9.77. The van der Waals surface area contributed by atoms with Gasteiger partial charge in [-0.2, -0.15) is 0 Å². The van der Waals surface area contributed by atoms with Gasteiger partial charge < -0.3 is 35.4 Å². The number of aliphatic carboxylic acids is 3. The number of carbonyl (C=O) groups is 5. The van der Waals surface area contributed by atoms with E-state index in [4.69, 9.17) is 24.8 Å². The molecule has 178 valence electrons. The van der Waals surface area contributed by atoms with Crippen LogP contribution in [0.5, 0.6) is 0 Å². The van der Waals surface area contributed by atoms with E-state index in [-0.39, 0.29) is 83.6 Å². The Morgan fingerprint density at radius 2 is 1.03 bits per heavy atom. The summed E-state index contributed by atoms with van der Waals surface area (Å²) in [6.07, 6.45) is -0.687. The third kappa shape index (κ3) is 20.3. The average Bonchev–Trinajstić information content (AvgIpc) is 2.69. The second-order valence-electron chi connectivity index (χ2n) is 6.38. The van der Waals surface area contributed by atoms with Gasteiger partial charge in [-0.25, -0.2) is 0 Å². The van der Waals surface area contributed by atoms with Gasteiger partial charge in [0.2, 0.25) is 11.8 Å². The molecular formula is C18H31N3O10. The molecular weight excluding hydrogens is 418 g/mol. The van der Waals surface area contributed by atoms with Crippen molar-refractivity contribution in [2.45, 2.75) is 25.7 Å². The highest BCUT2D eigenvalue weighted by Crippen LogP contribution is 1.92. The number of hydrogen-bond donors (Lipinski definition) is 5. The standard InChI is InChI=1S/C18H31N3O10/c22-14(1-3-16(24)25)19-5-9-30-11-7-21(13-18(28)29)8-12-31-10-6-20-15(23)2-4-17(26)27/h1-13H2,(H,19,22)(H,20,23)(H,24,25)(H,26,27)(H,28,29). The van der Waals surface area contributed by atoms with Gasteiger partial charge in [-0.1, -0.05) is 0 Å². The SMILES string of the molecule is O=C(O)CCC(=O)NCCOCCN(CCOCCNC(=O)CCC(=O)O)CC(=O)O. The third-order valence-electron chi connectivity index (χ3n) is 3.73. The van der Waals surface area contributed by atoms with Crippen molar-refractivity contribution in [3.8, 4) is 0 Å². The molecule has 0 aromatic rings. The van der Waals surface area contributed by atoms with E-state index in [0.717, 1.165) is 0 Å². The van der Waals surface area contributed by atoms with Crippen LogP contribution in [-0.4, -0.2) is 109 Å². The zero-order valence-corrected chi connectivity index (χ0v) is 17.3. The highest BCUT2D eigenvalue weighted by molar-refractivity contribution is 5.81. The Balaban J connectivity index is 3.83. The summed E-state index contributed by atoms with van der Waals surface area (Å²) in [7, 11) is 0. The maximum atomic E-state index is 11.3. The number of nitrogens with zero attached hydrogens (tertiary/aromatic N) is 1. The topological polar surface area (TPSA) is 192 Å². The normalized spacial score (nSPS) is 10.6. The van der Waals surface area contributed by atoms with Gasteiger partial charge in [0.25, 0.3) is 0 Å². The lowest BCUT2D eigenvalue weighted by Crippen LogP contribution is -2.36. The van der Waals surface area contributed by atoms with Gasteiger partial charge in [0, 0.05) is 39.0 Å². The lowest BCUT2D eigenvalue weighted by molar-refractivity contribution is -0.139. The highest BCUT2D eigenvalue weighted by atomic mass is 16.5. The Hall–Kier alpha value is -2.77. The molecule has 13 nitrogen and oxygen atoms in total. The summed E-state index contributed by atoms with van der Waals surface area (Å²) in [5, 5.41) is 31.0. The van der Waals surface area contributed by atoms with Gasteiger partial charge in [0.1, 0.15) is 0 Å². The number of carboxylic acids is 3. The monoisotopic (exact) mass is 449 g/mol. The smallest absolute Gasteiger partial charge is 0.317 e. The van der Waals surface area contributed by atoms with Crippen molar-refractivity contribution < 1.29 is 48.8 Å². The lowest BCUT2D eigenvalue weighted by Gasteiger charge is -2.20. The number of nitrogens with one attached hydrogen (secondary N) is 2. The molecule has 0 saturated carbocycles. The Morgan fingerprint density at radius 1 is 0.613 bits per heavy atom. The van der Waals surface area contributed by atoms with E-state index >= 15 is 0 Å².